The molecule has 0 atom stereocenters. The van der Waals surface area contributed by atoms with Gasteiger partial charge in [0.1, 0.15) is 11.5 Å². The highest BCUT2D eigenvalue weighted by Gasteiger charge is 2.12. The number of hydrogen-bond donors (Lipinski definition) is 1. The normalized spacial score (nSPS) is 9.36. The number of hydrogen-bond acceptors (Lipinski definition) is 3. The van der Waals surface area contributed by atoms with Gasteiger partial charge in [-0.15, -0.1) is 0 Å². The second-order valence-electron chi connectivity index (χ2n) is 4.42. The fourth-order valence-electron chi connectivity index (χ4n) is 1.87. The van der Waals surface area contributed by atoms with E-state index < -0.39 is 0 Å². The standard InChI is InChI=1S/C18H17NO3/c1-21-15-10-11-16(17(13-15)22-2)18(20)19-12-6-9-14-7-4-3-5-8-14/h3-5,7-8,10-11,13H,12H2,1-2H3,(H,19,20). The van der Waals surface area contributed by atoms with E-state index in [0.29, 0.717) is 17.1 Å². The molecule has 0 aliphatic rings. The van der Waals surface area contributed by atoms with Crippen LogP contribution in [-0.4, -0.2) is 26.7 Å². The van der Waals surface area contributed by atoms with Crippen molar-refractivity contribution >= 4 is 5.91 Å². The molecule has 0 fully saturated rings. The zero-order valence-corrected chi connectivity index (χ0v) is 12.6. The minimum Gasteiger partial charge on any atom is -0.497 e. The van der Waals surface area contributed by atoms with E-state index in [1.807, 2.05) is 30.3 Å². The third-order valence-electron chi connectivity index (χ3n) is 3.00. The van der Waals surface area contributed by atoms with Crippen LogP contribution in [0.3, 0.4) is 0 Å². The molecule has 4 heteroatoms. The molecule has 4 nitrogen and oxygen atoms in total. The molecule has 112 valence electrons. The summed E-state index contributed by atoms with van der Waals surface area (Å²) in [4.78, 5) is 12.1. The summed E-state index contributed by atoms with van der Waals surface area (Å²) < 4.78 is 10.3. The highest BCUT2D eigenvalue weighted by molar-refractivity contribution is 5.97. The number of carbonyl (C=O) groups is 1. The van der Waals surface area contributed by atoms with E-state index in [1.54, 1.807) is 25.3 Å². The summed E-state index contributed by atoms with van der Waals surface area (Å²) in [7, 11) is 3.08. The highest BCUT2D eigenvalue weighted by Crippen LogP contribution is 2.24. The zero-order valence-electron chi connectivity index (χ0n) is 12.6. The molecule has 0 aliphatic carbocycles. The topological polar surface area (TPSA) is 47.6 Å². The molecule has 0 aliphatic heterocycles. The molecular weight excluding hydrogens is 278 g/mol. The van der Waals surface area contributed by atoms with E-state index in [-0.39, 0.29) is 12.5 Å². The summed E-state index contributed by atoms with van der Waals surface area (Å²) in [6, 6.07) is 14.7. The first kappa shape index (κ1) is 15.5. The molecule has 2 aromatic rings. The van der Waals surface area contributed by atoms with E-state index in [2.05, 4.69) is 17.2 Å². The van der Waals surface area contributed by atoms with Crippen molar-refractivity contribution in [3.05, 3.63) is 59.7 Å². The minimum absolute atomic E-state index is 0.234. The summed E-state index contributed by atoms with van der Waals surface area (Å²) in [6.45, 7) is 0.267. The zero-order chi connectivity index (χ0) is 15.8. The molecule has 2 rings (SSSR count). The van der Waals surface area contributed by atoms with Gasteiger partial charge in [-0.05, 0) is 24.3 Å². The number of ether oxygens (including phenoxy) is 2. The van der Waals surface area contributed by atoms with E-state index in [4.69, 9.17) is 9.47 Å². The summed E-state index contributed by atoms with van der Waals surface area (Å²) >= 11 is 0. The SMILES string of the molecule is COc1ccc(C(=O)NCC#Cc2ccccc2)c(OC)c1. The molecular formula is C18H17NO3. The molecule has 0 aromatic heterocycles. The molecule has 1 amide bonds. The van der Waals surface area contributed by atoms with Crippen molar-refractivity contribution in [3.63, 3.8) is 0 Å². The fraction of sp³-hybridized carbons (Fsp3) is 0.167. The fourth-order valence-corrected chi connectivity index (χ4v) is 1.87. The van der Waals surface area contributed by atoms with Gasteiger partial charge in [-0.3, -0.25) is 4.79 Å². The van der Waals surface area contributed by atoms with Crippen molar-refractivity contribution in [3.8, 4) is 23.3 Å². The maximum absolute atomic E-state index is 12.1. The van der Waals surface area contributed by atoms with Crippen LogP contribution in [0.1, 0.15) is 15.9 Å². The number of nitrogens with one attached hydrogen (secondary N) is 1. The van der Waals surface area contributed by atoms with Crippen LogP contribution in [0, 0.1) is 11.8 Å². The number of carbonyl (C=O) groups excluding carboxylic acids is 1. The van der Waals surface area contributed by atoms with Gasteiger partial charge in [-0.25, -0.2) is 0 Å². The second-order valence-corrected chi connectivity index (χ2v) is 4.42. The summed E-state index contributed by atoms with van der Waals surface area (Å²) in [5, 5.41) is 2.75. The Labute approximate surface area is 130 Å². The van der Waals surface area contributed by atoms with Gasteiger partial charge in [0.25, 0.3) is 5.91 Å². The molecule has 0 bridgehead atoms. The number of benzene rings is 2. The van der Waals surface area contributed by atoms with E-state index in [0.717, 1.165) is 5.56 Å². The molecule has 0 saturated heterocycles. The van der Waals surface area contributed by atoms with Crippen molar-refractivity contribution in [2.45, 2.75) is 0 Å². The molecule has 0 heterocycles. The van der Waals surface area contributed by atoms with Crippen molar-refractivity contribution < 1.29 is 14.3 Å². The van der Waals surface area contributed by atoms with Gasteiger partial charge in [-0.1, -0.05) is 30.0 Å². The predicted octanol–water partition coefficient (Wildman–Crippen LogP) is 2.49. The molecule has 0 spiro atoms. The van der Waals surface area contributed by atoms with Crippen LogP contribution >= 0.6 is 0 Å². The Morgan fingerprint density at radius 3 is 2.55 bits per heavy atom. The third kappa shape index (κ3) is 4.03. The van der Waals surface area contributed by atoms with Crippen molar-refractivity contribution in [1.82, 2.24) is 5.32 Å². The number of rotatable bonds is 4. The van der Waals surface area contributed by atoms with Crippen LogP contribution in [0.5, 0.6) is 11.5 Å². The molecule has 0 unspecified atom stereocenters. The van der Waals surface area contributed by atoms with Gasteiger partial charge in [0.05, 0.1) is 26.3 Å². The lowest BCUT2D eigenvalue weighted by Gasteiger charge is -2.09. The Morgan fingerprint density at radius 1 is 1.09 bits per heavy atom. The van der Waals surface area contributed by atoms with Gasteiger partial charge in [-0.2, -0.15) is 0 Å². The average molecular weight is 295 g/mol. The number of methoxy groups -OCH3 is 2. The molecule has 1 N–H and O–H groups in total. The van der Waals surface area contributed by atoms with Gasteiger partial charge >= 0.3 is 0 Å². The Kier molecular flexibility index (Phi) is 5.44. The third-order valence-corrected chi connectivity index (χ3v) is 3.00. The van der Waals surface area contributed by atoms with E-state index in [9.17, 15) is 4.79 Å². The van der Waals surface area contributed by atoms with Crippen LogP contribution in [0.25, 0.3) is 0 Å². The van der Waals surface area contributed by atoms with E-state index >= 15 is 0 Å². The summed E-state index contributed by atoms with van der Waals surface area (Å²) in [5.74, 6) is 6.76. The highest BCUT2D eigenvalue weighted by atomic mass is 16.5. The predicted molar refractivity (Wildman–Crippen MR) is 85.2 cm³/mol. The number of amides is 1. The van der Waals surface area contributed by atoms with Gasteiger partial charge in [0.2, 0.25) is 0 Å². The average Bonchev–Trinajstić information content (AvgIpc) is 2.58. The van der Waals surface area contributed by atoms with Crippen molar-refractivity contribution in [1.29, 1.82) is 0 Å². The maximum Gasteiger partial charge on any atom is 0.255 e. The molecule has 22 heavy (non-hydrogen) atoms. The van der Waals surface area contributed by atoms with Gasteiger partial charge < -0.3 is 14.8 Å². The molecule has 0 saturated carbocycles. The minimum atomic E-state index is -0.234. The molecule has 0 radical (unpaired) electrons. The van der Waals surface area contributed by atoms with Crippen LogP contribution in [-0.2, 0) is 0 Å². The lowest BCUT2D eigenvalue weighted by Crippen LogP contribution is -2.24. The maximum atomic E-state index is 12.1. The quantitative estimate of drug-likeness (QED) is 0.882. The Balaban J connectivity index is 2.00. The Bertz CT molecular complexity index is 699. The monoisotopic (exact) mass is 295 g/mol. The van der Waals surface area contributed by atoms with Crippen LogP contribution in [0.15, 0.2) is 48.5 Å². The van der Waals surface area contributed by atoms with E-state index in [1.165, 1.54) is 7.11 Å². The van der Waals surface area contributed by atoms with Crippen LogP contribution in [0.4, 0.5) is 0 Å². The smallest absolute Gasteiger partial charge is 0.255 e. The van der Waals surface area contributed by atoms with Crippen molar-refractivity contribution in [2.24, 2.45) is 0 Å². The second kappa shape index (κ2) is 7.75. The Morgan fingerprint density at radius 2 is 1.86 bits per heavy atom. The van der Waals surface area contributed by atoms with Crippen LogP contribution < -0.4 is 14.8 Å². The summed E-state index contributed by atoms with van der Waals surface area (Å²) in [6.07, 6.45) is 0. The first-order chi connectivity index (χ1) is 10.7. The van der Waals surface area contributed by atoms with Crippen LogP contribution in [0.2, 0.25) is 0 Å². The first-order valence-corrected chi connectivity index (χ1v) is 6.78. The van der Waals surface area contributed by atoms with Crippen molar-refractivity contribution in [2.75, 3.05) is 20.8 Å². The van der Waals surface area contributed by atoms with Gasteiger partial charge in [0.15, 0.2) is 0 Å². The van der Waals surface area contributed by atoms with Gasteiger partial charge in [0, 0.05) is 11.6 Å². The lowest BCUT2D eigenvalue weighted by atomic mass is 10.1. The first-order valence-electron chi connectivity index (χ1n) is 6.78. The summed E-state index contributed by atoms with van der Waals surface area (Å²) in [5.41, 5.74) is 1.36. The lowest BCUT2D eigenvalue weighted by molar-refractivity contribution is 0.0955. The molecule has 2 aromatic carbocycles. The Hall–Kier alpha value is -2.93. The largest absolute Gasteiger partial charge is 0.497 e.